The zero-order valence-electron chi connectivity index (χ0n) is 14.9. The molecule has 1 aromatic heterocycles. The van der Waals surface area contributed by atoms with Crippen molar-refractivity contribution in [3.05, 3.63) is 88.5 Å². The number of carbonyl (C=O) groups excluding carboxylic acids is 1. The fourth-order valence-corrected chi connectivity index (χ4v) is 2.71. The summed E-state index contributed by atoms with van der Waals surface area (Å²) in [5.74, 6) is -0.630. The van der Waals surface area contributed by atoms with Crippen molar-refractivity contribution in [3.63, 3.8) is 0 Å². The Hall–Kier alpha value is -3.28. The average molecular weight is 365 g/mol. The van der Waals surface area contributed by atoms with Crippen LogP contribution in [0.2, 0.25) is 0 Å². The molecule has 27 heavy (non-hydrogen) atoms. The lowest BCUT2D eigenvalue weighted by Crippen LogP contribution is -2.37. The third kappa shape index (κ3) is 4.67. The first-order chi connectivity index (χ1) is 13.0. The van der Waals surface area contributed by atoms with Crippen molar-refractivity contribution in [2.75, 3.05) is 6.54 Å². The number of hydrogen-bond acceptors (Lipinski definition) is 3. The summed E-state index contributed by atoms with van der Waals surface area (Å²) in [5, 5.41) is 7.12. The van der Waals surface area contributed by atoms with E-state index in [1.807, 2.05) is 30.3 Å². The van der Waals surface area contributed by atoms with Gasteiger partial charge in [0, 0.05) is 18.2 Å². The van der Waals surface area contributed by atoms with Crippen LogP contribution in [0.4, 0.5) is 4.39 Å². The topological polar surface area (TPSA) is 64.0 Å². The monoisotopic (exact) mass is 365 g/mol. The highest BCUT2D eigenvalue weighted by Gasteiger charge is 2.17. The SMILES string of the molecule is CC(C(=O)NCCc1ccccc1)n1nc(-c2ccc(F)cc2)ccc1=O. The smallest absolute Gasteiger partial charge is 0.267 e. The third-order valence-electron chi connectivity index (χ3n) is 4.27. The molecule has 0 aliphatic heterocycles. The van der Waals surface area contributed by atoms with Gasteiger partial charge in [0.05, 0.1) is 5.69 Å². The number of nitrogens with zero attached hydrogens (tertiary/aromatic N) is 2. The van der Waals surface area contributed by atoms with Gasteiger partial charge < -0.3 is 5.32 Å². The second kappa shape index (κ2) is 8.40. The molecule has 6 heteroatoms. The van der Waals surface area contributed by atoms with E-state index in [0.29, 0.717) is 24.2 Å². The maximum absolute atomic E-state index is 13.1. The van der Waals surface area contributed by atoms with Gasteiger partial charge in [0.15, 0.2) is 0 Å². The molecule has 3 rings (SSSR count). The molecular weight excluding hydrogens is 345 g/mol. The van der Waals surface area contributed by atoms with Crippen molar-refractivity contribution in [1.82, 2.24) is 15.1 Å². The Morgan fingerprint density at radius 2 is 1.78 bits per heavy atom. The maximum Gasteiger partial charge on any atom is 0.267 e. The lowest BCUT2D eigenvalue weighted by Gasteiger charge is -2.15. The van der Waals surface area contributed by atoms with E-state index < -0.39 is 6.04 Å². The van der Waals surface area contributed by atoms with E-state index in [0.717, 1.165) is 10.2 Å². The first kappa shape index (κ1) is 18.5. The van der Waals surface area contributed by atoms with Gasteiger partial charge in [0.25, 0.3) is 5.56 Å². The van der Waals surface area contributed by atoms with Crippen LogP contribution in [0.5, 0.6) is 0 Å². The first-order valence-corrected chi connectivity index (χ1v) is 8.72. The highest BCUT2D eigenvalue weighted by Crippen LogP contribution is 2.16. The van der Waals surface area contributed by atoms with Gasteiger partial charge in [-0.25, -0.2) is 9.07 Å². The minimum absolute atomic E-state index is 0.281. The van der Waals surface area contributed by atoms with Gasteiger partial charge in [-0.05, 0) is 49.2 Å². The van der Waals surface area contributed by atoms with E-state index in [1.165, 1.54) is 18.2 Å². The minimum atomic E-state index is -0.756. The molecule has 0 bridgehead atoms. The lowest BCUT2D eigenvalue weighted by molar-refractivity contribution is -0.124. The summed E-state index contributed by atoms with van der Waals surface area (Å²) >= 11 is 0. The standard InChI is InChI=1S/C21H20FN3O2/c1-15(21(27)23-14-13-16-5-3-2-4-6-16)25-20(26)12-11-19(24-25)17-7-9-18(22)10-8-17/h2-12,15H,13-14H2,1H3,(H,23,27). The van der Waals surface area contributed by atoms with E-state index in [4.69, 9.17) is 0 Å². The number of hydrogen-bond donors (Lipinski definition) is 1. The number of amides is 1. The molecule has 1 heterocycles. The summed E-state index contributed by atoms with van der Waals surface area (Å²) in [6.07, 6.45) is 0.706. The largest absolute Gasteiger partial charge is 0.354 e. The van der Waals surface area contributed by atoms with E-state index in [1.54, 1.807) is 25.1 Å². The summed E-state index contributed by atoms with van der Waals surface area (Å²) in [5.41, 5.74) is 1.92. The molecule has 0 aliphatic carbocycles. The summed E-state index contributed by atoms with van der Waals surface area (Å²) in [4.78, 5) is 24.6. The fourth-order valence-electron chi connectivity index (χ4n) is 2.71. The second-order valence-electron chi connectivity index (χ2n) is 6.21. The molecule has 138 valence electrons. The van der Waals surface area contributed by atoms with Gasteiger partial charge in [0.1, 0.15) is 11.9 Å². The molecule has 0 saturated carbocycles. The zero-order valence-corrected chi connectivity index (χ0v) is 14.9. The van der Waals surface area contributed by atoms with Crippen LogP contribution < -0.4 is 10.9 Å². The molecule has 2 aromatic carbocycles. The van der Waals surface area contributed by atoms with Gasteiger partial charge in [-0.3, -0.25) is 9.59 Å². The second-order valence-corrected chi connectivity index (χ2v) is 6.21. The quantitative estimate of drug-likeness (QED) is 0.730. The predicted octanol–water partition coefficient (Wildman–Crippen LogP) is 2.97. The molecule has 5 nitrogen and oxygen atoms in total. The van der Waals surface area contributed by atoms with Crippen LogP contribution in [-0.4, -0.2) is 22.2 Å². The Morgan fingerprint density at radius 3 is 2.48 bits per heavy atom. The van der Waals surface area contributed by atoms with Crippen LogP contribution in [0.25, 0.3) is 11.3 Å². The molecule has 1 amide bonds. The van der Waals surface area contributed by atoms with Crippen LogP contribution >= 0.6 is 0 Å². The number of rotatable bonds is 6. The van der Waals surface area contributed by atoms with Crippen LogP contribution in [0.3, 0.4) is 0 Å². The lowest BCUT2D eigenvalue weighted by atomic mass is 10.1. The van der Waals surface area contributed by atoms with Gasteiger partial charge in [-0.1, -0.05) is 30.3 Å². The Morgan fingerprint density at radius 1 is 1.07 bits per heavy atom. The van der Waals surface area contributed by atoms with Crippen molar-refractivity contribution in [1.29, 1.82) is 0 Å². The van der Waals surface area contributed by atoms with Crippen molar-refractivity contribution in [2.45, 2.75) is 19.4 Å². The van der Waals surface area contributed by atoms with Crippen LogP contribution in [0, 0.1) is 5.82 Å². The number of carbonyl (C=O) groups is 1. The molecule has 0 fully saturated rings. The van der Waals surface area contributed by atoms with Gasteiger partial charge in [-0.2, -0.15) is 5.10 Å². The Bertz CT molecular complexity index is 969. The van der Waals surface area contributed by atoms with Gasteiger partial charge >= 0.3 is 0 Å². The molecule has 0 radical (unpaired) electrons. The molecule has 3 aromatic rings. The average Bonchev–Trinajstić information content (AvgIpc) is 2.69. The molecule has 0 saturated heterocycles. The number of halogens is 1. The fraction of sp³-hybridized carbons (Fsp3) is 0.190. The Labute approximate surface area is 156 Å². The van der Waals surface area contributed by atoms with Crippen LogP contribution in [0.1, 0.15) is 18.5 Å². The van der Waals surface area contributed by atoms with E-state index in [2.05, 4.69) is 10.4 Å². The maximum atomic E-state index is 13.1. The molecule has 1 unspecified atom stereocenters. The molecular formula is C21H20FN3O2. The Kier molecular flexibility index (Phi) is 5.76. The normalized spacial score (nSPS) is 11.8. The van der Waals surface area contributed by atoms with E-state index in [9.17, 15) is 14.0 Å². The van der Waals surface area contributed by atoms with E-state index in [-0.39, 0.29) is 17.3 Å². The molecule has 1 atom stereocenters. The molecule has 0 spiro atoms. The summed E-state index contributed by atoms with van der Waals surface area (Å²) in [6, 6.07) is 17.8. The van der Waals surface area contributed by atoms with Crippen molar-refractivity contribution in [2.24, 2.45) is 0 Å². The first-order valence-electron chi connectivity index (χ1n) is 8.72. The number of benzene rings is 2. The Balaban J connectivity index is 1.70. The summed E-state index contributed by atoms with van der Waals surface area (Å²) in [6.45, 7) is 2.10. The van der Waals surface area contributed by atoms with Gasteiger partial charge in [0.2, 0.25) is 5.91 Å². The summed E-state index contributed by atoms with van der Waals surface area (Å²) < 4.78 is 14.2. The van der Waals surface area contributed by atoms with Gasteiger partial charge in [-0.15, -0.1) is 0 Å². The predicted molar refractivity (Wildman–Crippen MR) is 102 cm³/mol. The third-order valence-corrected chi connectivity index (χ3v) is 4.27. The molecule has 0 aliphatic rings. The zero-order chi connectivity index (χ0) is 19.2. The van der Waals surface area contributed by atoms with Crippen molar-refractivity contribution >= 4 is 5.91 Å². The van der Waals surface area contributed by atoms with Crippen molar-refractivity contribution in [3.8, 4) is 11.3 Å². The van der Waals surface area contributed by atoms with Crippen LogP contribution in [0.15, 0.2) is 71.5 Å². The van der Waals surface area contributed by atoms with Crippen molar-refractivity contribution < 1.29 is 9.18 Å². The number of aromatic nitrogens is 2. The molecule has 1 N–H and O–H groups in total. The van der Waals surface area contributed by atoms with Crippen LogP contribution in [-0.2, 0) is 11.2 Å². The minimum Gasteiger partial charge on any atom is -0.354 e. The van der Waals surface area contributed by atoms with E-state index >= 15 is 0 Å². The summed E-state index contributed by atoms with van der Waals surface area (Å²) in [7, 11) is 0. The number of nitrogens with one attached hydrogen (secondary N) is 1. The highest BCUT2D eigenvalue weighted by molar-refractivity contribution is 5.79. The highest BCUT2D eigenvalue weighted by atomic mass is 19.1.